The number of ether oxygens (including phenoxy) is 3. The van der Waals surface area contributed by atoms with Gasteiger partial charge in [-0.15, -0.1) is 0 Å². The van der Waals surface area contributed by atoms with Crippen LogP contribution < -0.4 is 19.9 Å². The second-order valence-corrected chi connectivity index (χ2v) is 16.8. The maximum absolute atomic E-state index is 13.6. The summed E-state index contributed by atoms with van der Waals surface area (Å²) < 4.78 is 73.9. The molecule has 1 heterocycles. The highest BCUT2D eigenvalue weighted by atomic mass is 32.2. The first kappa shape index (κ1) is 37.6. The zero-order valence-electron chi connectivity index (χ0n) is 30.4. The Kier molecular flexibility index (Phi) is 9.97. The van der Waals surface area contributed by atoms with Crippen LogP contribution in [0.1, 0.15) is 12.5 Å². The molecule has 0 aliphatic carbocycles. The molecule has 0 saturated carbocycles. The minimum absolute atomic E-state index is 0.000242. The van der Waals surface area contributed by atoms with E-state index >= 15 is 0 Å². The van der Waals surface area contributed by atoms with Gasteiger partial charge in [0, 0.05) is 18.7 Å². The van der Waals surface area contributed by atoms with Crippen LogP contribution in [0.3, 0.4) is 0 Å². The average molecular weight is 787 g/mol. The molecule has 0 radical (unpaired) electrons. The molecule has 282 valence electrons. The maximum Gasteiger partial charge on any atom is 0.338 e. The summed E-state index contributed by atoms with van der Waals surface area (Å²) in [7, 11) is -6.00. The Labute approximate surface area is 323 Å². The van der Waals surface area contributed by atoms with Gasteiger partial charge in [-0.3, -0.25) is 9.13 Å². The van der Waals surface area contributed by atoms with Crippen molar-refractivity contribution in [3.63, 3.8) is 0 Å². The van der Waals surface area contributed by atoms with Crippen LogP contribution in [-0.2, 0) is 31.5 Å². The van der Waals surface area contributed by atoms with E-state index in [0.717, 1.165) is 11.1 Å². The molecule has 0 aliphatic heterocycles. The number of carbonyl (C=O) groups is 1. The van der Waals surface area contributed by atoms with E-state index in [0.29, 0.717) is 17.0 Å². The summed E-state index contributed by atoms with van der Waals surface area (Å²) in [5.41, 5.74) is 2.81. The van der Waals surface area contributed by atoms with E-state index in [1.807, 2.05) is 31.2 Å². The summed E-state index contributed by atoms with van der Waals surface area (Å²) >= 11 is 0. The number of hydrogen-bond acceptors (Lipinski definition) is 9. The lowest BCUT2D eigenvalue weighted by Crippen LogP contribution is -2.20. The number of esters is 1. The number of para-hydroxylation sites is 2. The fourth-order valence-electron chi connectivity index (χ4n) is 5.85. The Bertz CT molecular complexity index is 2910. The predicted molar refractivity (Wildman–Crippen MR) is 211 cm³/mol. The number of fused-ring (bicyclic) bond motifs is 1. The van der Waals surface area contributed by atoms with E-state index in [2.05, 4.69) is 6.58 Å². The van der Waals surface area contributed by atoms with Gasteiger partial charge in [-0.05, 0) is 123 Å². The highest BCUT2D eigenvalue weighted by molar-refractivity contribution is 7.91. The Morgan fingerprint density at radius 2 is 1.05 bits per heavy atom. The lowest BCUT2D eigenvalue weighted by atomic mass is 10.2. The van der Waals surface area contributed by atoms with Crippen molar-refractivity contribution in [2.24, 2.45) is 7.05 Å². The number of aromatic nitrogens is 2. The molecule has 0 N–H and O–H groups in total. The van der Waals surface area contributed by atoms with E-state index in [1.54, 1.807) is 49.5 Å². The van der Waals surface area contributed by atoms with Gasteiger partial charge in [-0.2, -0.15) is 0 Å². The van der Waals surface area contributed by atoms with Crippen LogP contribution in [-0.4, -0.2) is 31.9 Å². The first-order chi connectivity index (χ1) is 26.7. The van der Waals surface area contributed by atoms with E-state index in [9.17, 15) is 26.4 Å². The second-order valence-electron chi connectivity index (χ2n) is 12.9. The van der Waals surface area contributed by atoms with Crippen LogP contribution in [0.2, 0.25) is 0 Å². The van der Waals surface area contributed by atoms with Crippen molar-refractivity contribution in [3.8, 4) is 34.4 Å². The number of benzene rings is 6. The van der Waals surface area contributed by atoms with Gasteiger partial charge >= 0.3 is 11.7 Å². The molecule has 0 fully saturated rings. The van der Waals surface area contributed by atoms with Crippen molar-refractivity contribution in [2.45, 2.75) is 33.4 Å². The molecule has 11 nitrogen and oxygen atoms in total. The fraction of sp³-hybridized carbons (Fsp3) is 0.0698. The van der Waals surface area contributed by atoms with Crippen molar-refractivity contribution >= 4 is 36.7 Å². The lowest BCUT2D eigenvalue weighted by Gasteiger charge is -2.14. The van der Waals surface area contributed by atoms with Gasteiger partial charge in [0.15, 0.2) is 11.5 Å². The van der Waals surface area contributed by atoms with Crippen LogP contribution >= 0.6 is 0 Å². The van der Waals surface area contributed by atoms with Crippen molar-refractivity contribution in [2.75, 3.05) is 0 Å². The first-order valence-electron chi connectivity index (χ1n) is 17.1. The molecule has 0 unspecified atom stereocenters. The van der Waals surface area contributed by atoms with Gasteiger partial charge in [-0.1, -0.05) is 36.4 Å². The van der Waals surface area contributed by atoms with Gasteiger partial charge in [0.1, 0.15) is 17.2 Å². The summed E-state index contributed by atoms with van der Waals surface area (Å²) in [6, 6.07) is 36.2. The van der Waals surface area contributed by atoms with Crippen LogP contribution in [0, 0.1) is 6.92 Å². The van der Waals surface area contributed by atoms with Gasteiger partial charge in [0.2, 0.25) is 19.7 Å². The molecule has 13 heteroatoms. The first-order valence-corrected chi connectivity index (χ1v) is 20.1. The third kappa shape index (κ3) is 7.37. The lowest BCUT2D eigenvalue weighted by molar-refractivity contribution is -0.130. The minimum atomic E-state index is -3.93. The zero-order chi connectivity index (χ0) is 39.8. The molecule has 1 aromatic heterocycles. The van der Waals surface area contributed by atoms with Crippen molar-refractivity contribution in [3.05, 3.63) is 168 Å². The Morgan fingerprint density at radius 3 is 1.59 bits per heavy atom. The second kappa shape index (κ2) is 14.9. The molecule has 56 heavy (non-hydrogen) atoms. The maximum atomic E-state index is 13.6. The number of carbonyl (C=O) groups excluding carboxylic acids is 1. The van der Waals surface area contributed by atoms with Gasteiger partial charge in [-0.25, -0.2) is 26.4 Å². The minimum Gasteiger partial charge on any atom is -0.457 e. The summed E-state index contributed by atoms with van der Waals surface area (Å²) in [6.07, 6.45) is 0. The molecule has 0 spiro atoms. The summed E-state index contributed by atoms with van der Waals surface area (Å²) in [4.78, 5) is 25.8. The zero-order valence-corrected chi connectivity index (χ0v) is 32.0. The number of rotatable bonds is 11. The van der Waals surface area contributed by atoms with Crippen LogP contribution in [0.5, 0.6) is 28.7 Å². The standard InChI is InChI=1S/C43H34N2O9S2/c1-28(2)42(46)54-41-27-33(17-26-40(41)53-32-15-24-37(25-16-32)55(48,49)34-18-9-29(3)10-19-34)52-31-13-22-36(23-14-31)56(50,51)35-20-11-30(12-21-35)45-39-8-6-5-7-38(39)44(4)43(45)47/h5-27H,1H2,2-4H3. The summed E-state index contributed by atoms with van der Waals surface area (Å²) in [6.45, 7) is 7.00. The SMILES string of the molecule is C=C(C)C(=O)Oc1cc(Oc2ccc(S(=O)(=O)c3ccc(-n4c(=O)n(C)c5ccccc54)cc3)cc2)ccc1Oc1ccc(S(=O)(=O)c2ccc(C)cc2)cc1. The highest BCUT2D eigenvalue weighted by Crippen LogP contribution is 2.38. The molecule has 0 saturated heterocycles. The molecule has 0 bridgehead atoms. The number of imidazole rings is 1. The van der Waals surface area contributed by atoms with Crippen molar-refractivity contribution in [1.82, 2.24) is 9.13 Å². The van der Waals surface area contributed by atoms with E-state index in [1.165, 1.54) is 88.9 Å². The molecule has 0 atom stereocenters. The number of sulfone groups is 2. The third-order valence-electron chi connectivity index (χ3n) is 8.90. The van der Waals surface area contributed by atoms with Gasteiger partial charge < -0.3 is 14.2 Å². The Hall–Kier alpha value is -6.70. The number of hydrogen-bond donors (Lipinski definition) is 0. The Balaban J connectivity index is 1.08. The van der Waals surface area contributed by atoms with Crippen molar-refractivity contribution < 1.29 is 35.8 Å². The predicted octanol–water partition coefficient (Wildman–Crippen LogP) is 8.37. The highest BCUT2D eigenvalue weighted by Gasteiger charge is 2.21. The normalized spacial score (nSPS) is 11.6. The molecule has 0 amide bonds. The largest absolute Gasteiger partial charge is 0.457 e. The summed E-state index contributed by atoms with van der Waals surface area (Å²) in [5.74, 6) is 0.252. The Morgan fingerprint density at radius 1 is 0.589 bits per heavy atom. The average Bonchev–Trinajstić information content (AvgIpc) is 3.45. The van der Waals surface area contributed by atoms with Crippen molar-refractivity contribution in [1.29, 1.82) is 0 Å². The van der Waals surface area contributed by atoms with Crippen LogP contribution in [0.25, 0.3) is 16.7 Å². The quantitative estimate of drug-likeness (QED) is 0.0719. The van der Waals surface area contributed by atoms with Gasteiger partial charge in [0.25, 0.3) is 0 Å². The topological polar surface area (TPSA) is 140 Å². The fourth-order valence-corrected chi connectivity index (χ4v) is 8.37. The van der Waals surface area contributed by atoms with Crippen LogP contribution in [0.4, 0.5) is 0 Å². The molecule has 0 aliphatic rings. The number of nitrogens with zero attached hydrogens (tertiary/aromatic N) is 2. The van der Waals surface area contributed by atoms with E-state index in [4.69, 9.17) is 14.2 Å². The van der Waals surface area contributed by atoms with E-state index < -0.39 is 25.6 Å². The van der Waals surface area contributed by atoms with Crippen LogP contribution in [0.15, 0.2) is 176 Å². The molecule has 7 aromatic rings. The molecular weight excluding hydrogens is 753 g/mol. The third-order valence-corrected chi connectivity index (χ3v) is 12.5. The molecular formula is C43H34N2O9S2. The smallest absolute Gasteiger partial charge is 0.338 e. The number of aryl methyl sites for hydroxylation is 2. The van der Waals surface area contributed by atoms with Gasteiger partial charge in [0.05, 0.1) is 36.3 Å². The molecule has 6 aromatic carbocycles. The summed E-state index contributed by atoms with van der Waals surface area (Å²) in [5, 5.41) is 0. The molecule has 7 rings (SSSR count). The van der Waals surface area contributed by atoms with E-state index in [-0.39, 0.29) is 53.8 Å². The monoisotopic (exact) mass is 786 g/mol.